The highest BCUT2D eigenvalue weighted by Crippen LogP contribution is 2.36. The molecular formula is C25H29Cl5F3N7. The molecule has 1 atom stereocenters. The molecule has 0 saturated carbocycles. The van der Waals surface area contributed by atoms with E-state index in [0.717, 1.165) is 36.1 Å². The van der Waals surface area contributed by atoms with Crippen LogP contribution in [0.1, 0.15) is 23.0 Å². The molecule has 4 heterocycles. The SMILES string of the molecule is Cl.Cl.NCCn1cc[n+](CC2c3[nH]c4ccc(Cl)cc4c3CCN2CCNc2ccc(Cl)c(C(F)(F)F)n2)c1.[Cl-]. The molecule has 0 saturated heterocycles. The number of anilines is 1. The molecule has 220 valence electrons. The maximum absolute atomic E-state index is 13.2. The van der Waals surface area contributed by atoms with Crippen LogP contribution in [0.3, 0.4) is 0 Å². The minimum Gasteiger partial charge on any atom is -1.00 e. The van der Waals surface area contributed by atoms with E-state index < -0.39 is 16.9 Å². The summed E-state index contributed by atoms with van der Waals surface area (Å²) >= 11 is 12.0. The van der Waals surface area contributed by atoms with Gasteiger partial charge in [0.1, 0.15) is 31.3 Å². The lowest BCUT2D eigenvalue weighted by Gasteiger charge is -2.35. The summed E-state index contributed by atoms with van der Waals surface area (Å²) in [5.74, 6) is 0.138. The summed E-state index contributed by atoms with van der Waals surface area (Å²) in [6, 6.07) is 8.57. The number of aromatic amines is 1. The van der Waals surface area contributed by atoms with Crippen molar-refractivity contribution in [1.29, 1.82) is 0 Å². The molecule has 3 aromatic heterocycles. The maximum atomic E-state index is 13.2. The van der Waals surface area contributed by atoms with Crippen LogP contribution in [0.25, 0.3) is 10.9 Å². The molecule has 0 aliphatic carbocycles. The lowest BCUT2D eigenvalue weighted by molar-refractivity contribution is -0.702. The Hall–Kier alpha value is -1.92. The van der Waals surface area contributed by atoms with Gasteiger partial charge in [-0.05, 0) is 42.3 Å². The first-order chi connectivity index (χ1) is 17.7. The fourth-order valence-corrected chi connectivity index (χ4v) is 5.34. The number of H-pyrrole nitrogens is 1. The van der Waals surface area contributed by atoms with Gasteiger partial charge in [-0.3, -0.25) is 4.90 Å². The Labute approximate surface area is 258 Å². The van der Waals surface area contributed by atoms with Gasteiger partial charge in [0, 0.05) is 47.8 Å². The summed E-state index contributed by atoms with van der Waals surface area (Å²) < 4.78 is 43.8. The third-order valence-corrected chi connectivity index (χ3v) is 7.20. The fourth-order valence-electron chi connectivity index (χ4n) is 4.96. The number of nitrogens with two attached hydrogens (primary N) is 1. The molecule has 5 rings (SSSR count). The first-order valence-electron chi connectivity index (χ1n) is 12.0. The number of rotatable bonds is 8. The Kier molecular flexibility index (Phi) is 12.3. The van der Waals surface area contributed by atoms with E-state index in [1.807, 2.05) is 41.5 Å². The molecule has 1 aliphatic heterocycles. The molecule has 0 radical (unpaired) electrons. The number of pyridine rings is 1. The van der Waals surface area contributed by atoms with Gasteiger partial charge in [-0.15, -0.1) is 24.8 Å². The van der Waals surface area contributed by atoms with Gasteiger partial charge in [-0.25, -0.2) is 14.1 Å². The molecule has 0 spiro atoms. The molecule has 0 fully saturated rings. The molecular weight excluding hydrogens is 633 g/mol. The minimum absolute atomic E-state index is 0. The van der Waals surface area contributed by atoms with Crippen molar-refractivity contribution in [2.45, 2.75) is 31.7 Å². The van der Waals surface area contributed by atoms with Crippen LogP contribution >= 0.6 is 48.0 Å². The lowest BCUT2D eigenvalue weighted by atomic mass is 9.97. The number of hydrogen-bond donors (Lipinski definition) is 3. The summed E-state index contributed by atoms with van der Waals surface area (Å²) in [5.41, 5.74) is 8.04. The number of alkyl halides is 3. The van der Waals surface area contributed by atoms with Gasteiger partial charge >= 0.3 is 6.18 Å². The van der Waals surface area contributed by atoms with Crippen molar-refractivity contribution < 1.29 is 30.1 Å². The van der Waals surface area contributed by atoms with Crippen LogP contribution in [0.2, 0.25) is 10.0 Å². The Bertz CT molecular complexity index is 1410. The molecule has 1 unspecified atom stereocenters. The maximum Gasteiger partial charge on any atom is 0.434 e. The summed E-state index contributed by atoms with van der Waals surface area (Å²) in [4.78, 5) is 9.62. The highest BCUT2D eigenvalue weighted by Gasteiger charge is 2.36. The van der Waals surface area contributed by atoms with Gasteiger partial charge in [-0.1, -0.05) is 23.2 Å². The molecule has 1 aromatic carbocycles. The number of benzene rings is 1. The van der Waals surface area contributed by atoms with E-state index >= 15 is 0 Å². The molecule has 7 nitrogen and oxygen atoms in total. The average Bonchev–Trinajstić information content (AvgIpc) is 3.45. The van der Waals surface area contributed by atoms with Gasteiger partial charge in [0.05, 0.1) is 11.1 Å². The van der Waals surface area contributed by atoms with Crippen molar-refractivity contribution in [3.63, 3.8) is 0 Å². The zero-order valence-corrected chi connectivity index (χ0v) is 25.0. The predicted octanol–water partition coefficient (Wildman–Crippen LogP) is 2.50. The van der Waals surface area contributed by atoms with Crippen LogP contribution in [-0.2, 0) is 25.7 Å². The number of nitrogens with one attached hydrogen (secondary N) is 2. The van der Waals surface area contributed by atoms with Crippen molar-refractivity contribution >= 4 is 64.7 Å². The molecule has 1 aliphatic rings. The highest BCUT2D eigenvalue weighted by atomic mass is 35.5. The zero-order chi connectivity index (χ0) is 26.2. The van der Waals surface area contributed by atoms with Crippen molar-refractivity contribution in [2.75, 3.05) is 31.5 Å². The van der Waals surface area contributed by atoms with Gasteiger partial charge in [0.25, 0.3) is 0 Å². The summed E-state index contributed by atoms with van der Waals surface area (Å²) in [6.45, 7) is 3.80. The highest BCUT2D eigenvalue weighted by molar-refractivity contribution is 6.31. The number of fused-ring (bicyclic) bond motifs is 3. The second-order valence-electron chi connectivity index (χ2n) is 9.10. The summed E-state index contributed by atoms with van der Waals surface area (Å²) in [7, 11) is 0. The van der Waals surface area contributed by atoms with Crippen molar-refractivity contribution in [1.82, 2.24) is 19.4 Å². The molecule has 0 bridgehead atoms. The van der Waals surface area contributed by atoms with E-state index in [-0.39, 0.29) is 49.1 Å². The van der Waals surface area contributed by atoms with Gasteiger partial charge in [0.2, 0.25) is 6.33 Å². The van der Waals surface area contributed by atoms with Crippen LogP contribution in [0.5, 0.6) is 0 Å². The summed E-state index contributed by atoms with van der Waals surface area (Å²) in [6.07, 6.45) is 2.28. The number of nitrogens with zero attached hydrogens (tertiary/aromatic N) is 4. The second-order valence-corrected chi connectivity index (χ2v) is 9.94. The first-order valence-corrected chi connectivity index (χ1v) is 12.7. The molecule has 15 heteroatoms. The minimum atomic E-state index is -4.61. The van der Waals surface area contributed by atoms with Crippen molar-refractivity contribution in [2.24, 2.45) is 5.73 Å². The molecule has 4 N–H and O–H groups in total. The third-order valence-electron chi connectivity index (χ3n) is 6.66. The van der Waals surface area contributed by atoms with Gasteiger partial charge in [-0.2, -0.15) is 13.2 Å². The second kappa shape index (κ2) is 14.3. The van der Waals surface area contributed by atoms with E-state index in [2.05, 4.69) is 24.8 Å². The summed E-state index contributed by atoms with van der Waals surface area (Å²) in [5, 5.41) is 4.43. The largest absolute Gasteiger partial charge is 1.00 e. The monoisotopic (exact) mass is 659 g/mol. The smallest absolute Gasteiger partial charge is 0.434 e. The molecule has 0 amide bonds. The normalized spacial score (nSPS) is 15.1. The first kappa shape index (κ1) is 34.3. The number of aromatic nitrogens is 4. The molecule has 4 aromatic rings. The topological polar surface area (TPSA) is 78.8 Å². The van der Waals surface area contributed by atoms with E-state index in [1.165, 1.54) is 17.7 Å². The van der Waals surface area contributed by atoms with E-state index in [4.69, 9.17) is 28.9 Å². The fraction of sp³-hybridized carbons (Fsp3) is 0.360. The van der Waals surface area contributed by atoms with E-state index in [0.29, 0.717) is 31.2 Å². The van der Waals surface area contributed by atoms with Crippen molar-refractivity contribution in [3.05, 3.63) is 76.0 Å². The van der Waals surface area contributed by atoms with Crippen LogP contribution < -0.4 is 28.0 Å². The van der Waals surface area contributed by atoms with Crippen molar-refractivity contribution in [3.8, 4) is 0 Å². The van der Waals surface area contributed by atoms with E-state index in [1.54, 1.807) is 0 Å². The Morgan fingerprint density at radius 1 is 1.15 bits per heavy atom. The van der Waals surface area contributed by atoms with Crippen LogP contribution in [-0.4, -0.2) is 45.6 Å². The van der Waals surface area contributed by atoms with Gasteiger partial charge in [0.15, 0.2) is 5.69 Å². The quantitative estimate of drug-likeness (QED) is 0.254. The Morgan fingerprint density at radius 3 is 2.65 bits per heavy atom. The Balaban J connectivity index is 0.00000187. The average molecular weight is 662 g/mol. The standard InChI is InChI=1S/C25H27Cl2F3N7.3ClH/c26-16-1-3-20-18(13-16)17-5-8-37(10-7-32-22-4-2-19(27)24(34-22)25(28,29)30)21(23(17)33-20)14-36-12-11-35(15-36)9-6-31;;;/h1-4,11-13,15,21,33H,5-10,14,31H2,(H,32,34);3*1H/q+1;;;/p-1. The number of halogens is 8. The molecule has 40 heavy (non-hydrogen) atoms. The lowest BCUT2D eigenvalue weighted by Crippen LogP contribution is -3.00. The van der Waals surface area contributed by atoms with Crippen LogP contribution in [0.4, 0.5) is 19.0 Å². The number of hydrogen-bond acceptors (Lipinski definition) is 4. The van der Waals surface area contributed by atoms with E-state index in [9.17, 15) is 13.2 Å². The zero-order valence-electron chi connectivity index (χ0n) is 21.1. The Morgan fingerprint density at radius 2 is 1.93 bits per heavy atom. The van der Waals surface area contributed by atoms with Gasteiger partial charge < -0.3 is 28.4 Å². The predicted molar refractivity (Wildman–Crippen MR) is 152 cm³/mol. The third kappa shape index (κ3) is 7.47. The van der Waals surface area contributed by atoms with Crippen LogP contribution in [0, 0.1) is 0 Å². The number of imidazole rings is 1. The van der Waals surface area contributed by atoms with Crippen LogP contribution in [0.15, 0.2) is 49.1 Å².